The molecule has 0 saturated heterocycles. The lowest BCUT2D eigenvalue weighted by Gasteiger charge is -2.28. The minimum atomic E-state index is -0.890. The Labute approximate surface area is 178 Å². The molecule has 1 rings (SSSR count). The number of hydrogen-bond acceptors (Lipinski definition) is 5. The molecule has 1 aromatic carbocycles. The molecule has 7 heteroatoms. The van der Waals surface area contributed by atoms with Crippen molar-refractivity contribution in [3.8, 4) is 0 Å². The van der Waals surface area contributed by atoms with E-state index in [9.17, 15) is 14.4 Å². The maximum absolute atomic E-state index is 13.2. The number of carbonyl (C=O) groups excluding carboxylic acids is 3. The third-order valence-electron chi connectivity index (χ3n) is 4.65. The van der Waals surface area contributed by atoms with Crippen molar-refractivity contribution >= 4 is 17.8 Å². The fourth-order valence-corrected chi connectivity index (χ4v) is 3.31. The average Bonchev–Trinajstić information content (AvgIpc) is 2.69. The van der Waals surface area contributed by atoms with Gasteiger partial charge in [0.05, 0.1) is 17.9 Å². The van der Waals surface area contributed by atoms with E-state index >= 15 is 0 Å². The van der Waals surface area contributed by atoms with Crippen LogP contribution >= 0.6 is 0 Å². The van der Waals surface area contributed by atoms with E-state index in [-0.39, 0.29) is 24.9 Å². The highest BCUT2D eigenvalue weighted by Crippen LogP contribution is 2.25. The Bertz CT molecular complexity index is 703. The average molecular weight is 419 g/mol. The number of allylic oxidation sites excluding steroid dienone is 1. The summed E-state index contributed by atoms with van der Waals surface area (Å²) < 4.78 is 5.33. The fourth-order valence-electron chi connectivity index (χ4n) is 3.31. The van der Waals surface area contributed by atoms with Gasteiger partial charge in [0, 0.05) is 6.42 Å². The molecule has 0 spiro atoms. The SMILES string of the molecule is C=CC[C@H](C(=O)NO)[C@@H](CC(C)C)C(=O)N[C@H](Cc1ccccc1)C(=O)OC(C)C. The molecule has 0 aliphatic heterocycles. The standard InChI is InChI=1S/C23H34N2O5/c1-6-10-18(22(27)25-29)19(13-15(2)3)21(26)24-20(23(28)30-16(4)5)14-17-11-8-7-9-12-17/h6-9,11-12,15-16,18-20,29H,1,10,13-14H2,2-5H3,(H,24,26)(H,25,27)/t18-,19+,20+/m0/s1. The third kappa shape index (κ3) is 8.37. The highest BCUT2D eigenvalue weighted by Gasteiger charge is 2.35. The van der Waals surface area contributed by atoms with Crippen LogP contribution in [-0.2, 0) is 25.5 Å². The first-order valence-electron chi connectivity index (χ1n) is 10.3. The zero-order valence-corrected chi connectivity index (χ0v) is 18.3. The van der Waals surface area contributed by atoms with E-state index in [2.05, 4.69) is 11.9 Å². The summed E-state index contributed by atoms with van der Waals surface area (Å²) in [6.45, 7) is 11.0. The Hall–Kier alpha value is -2.67. The van der Waals surface area contributed by atoms with Crippen LogP contribution in [0.25, 0.3) is 0 Å². The predicted octanol–water partition coefficient (Wildman–Crippen LogP) is 3.03. The van der Waals surface area contributed by atoms with E-state index in [1.165, 1.54) is 6.08 Å². The van der Waals surface area contributed by atoms with Crippen LogP contribution in [0.3, 0.4) is 0 Å². The van der Waals surface area contributed by atoms with Gasteiger partial charge in [-0.2, -0.15) is 0 Å². The zero-order chi connectivity index (χ0) is 22.7. The largest absolute Gasteiger partial charge is 0.461 e. The van der Waals surface area contributed by atoms with Gasteiger partial charge in [-0.3, -0.25) is 14.8 Å². The van der Waals surface area contributed by atoms with E-state index in [1.54, 1.807) is 19.3 Å². The maximum Gasteiger partial charge on any atom is 0.329 e. The van der Waals surface area contributed by atoms with Crippen LogP contribution in [-0.4, -0.2) is 35.1 Å². The van der Waals surface area contributed by atoms with Crippen LogP contribution in [0.4, 0.5) is 0 Å². The molecule has 3 atom stereocenters. The van der Waals surface area contributed by atoms with Crippen LogP contribution in [0.15, 0.2) is 43.0 Å². The summed E-state index contributed by atoms with van der Waals surface area (Å²) in [5.74, 6) is -3.03. The number of ether oxygens (including phenoxy) is 1. The first kappa shape index (κ1) is 25.4. The monoisotopic (exact) mass is 418 g/mol. The maximum atomic E-state index is 13.2. The fraction of sp³-hybridized carbons (Fsp3) is 0.522. The summed E-state index contributed by atoms with van der Waals surface area (Å²) in [6, 6.07) is 8.43. The molecular weight excluding hydrogens is 384 g/mol. The summed E-state index contributed by atoms with van der Waals surface area (Å²) in [5.41, 5.74) is 2.52. The van der Waals surface area contributed by atoms with Crippen LogP contribution in [0.2, 0.25) is 0 Å². The quantitative estimate of drug-likeness (QED) is 0.209. The second kappa shape index (κ2) is 12.8. The van der Waals surface area contributed by atoms with Gasteiger partial charge in [-0.25, -0.2) is 10.3 Å². The van der Waals surface area contributed by atoms with Crippen molar-refractivity contribution in [1.82, 2.24) is 10.8 Å². The lowest BCUT2D eigenvalue weighted by molar-refractivity contribution is -0.152. The second-order valence-electron chi connectivity index (χ2n) is 8.08. The van der Waals surface area contributed by atoms with Crippen molar-refractivity contribution in [3.05, 3.63) is 48.6 Å². The Morgan fingerprint density at radius 1 is 1.07 bits per heavy atom. The molecule has 0 radical (unpaired) electrons. The number of nitrogens with one attached hydrogen (secondary N) is 2. The van der Waals surface area contributed by atoms with Gasteiger partial charge in [-0.05, 0) is 38.2 Å². The van der Waals surface area contributed by atoms with Crippen LogP contribution in [0, 0.1) is 17.8 Å². The number of rotatable bonds is 12. The molecule has 0 aromatic heterocycles. The second-order valence-corrected chi connectivity index (χ2v) is 8.08. The Kier molecular flexibility index (Phi) is 10.8. The van der Waals surface area contributed by atoms with E-state index in [0.29, 0.717) is 6.42 Å². The molecule has 30 heavy (non-hydrogen) atoms. The van der Waals surface area contributed by atoms with Gasteiger partial charge in [0.15, 0.2) is 0 Å². The van der Waals surface area contributed by atoms with Crippen LogP contribution in [0.1, 0.15) is 46.1 Å². The number of benzene rings is 1. The van der Waals surface area contributed by atoms with Crippen molar-refractivity contribution in [2.75, 3.05) is 0 Å². The van der Waals surface area contributed by atoms with Gasteiger partial charge in [0.1, 0.15) is 6.04 Å². The summed E-state index contributed by atoms with van der Waals surface area (Å²) in [6.07, 6.45) is 2.11. The number of amides is 2. The third-order valence-corrected chi connectivity index (χ3v) is 4.65. The normalized spacial score (nSPS) is 14.0. The molecule has 0 heterocycles. The predicted molar refractivity (Wildman–Crippen MR) is 114 cm³/mol. The molecule has 2 amide bonds. The minimum absolute atomic E-state index is 0.120. The first-order valence-corrected chi connectivity index (χ1v) is 10.3. The Balaban J connectivity index is 3.13. The molecule has 0 saturated carbocycles. The molecule has 0 aliphatic rings. The van der Waals surface area contributed by atoms with Gasteiger partial charge < -0.3 is 10.1 Å². The van der Waals surface area contributed by atoms with E-state index in [1.807, 2.05) is 44.2 Å². The lowest BCUT2D eigenvalue weighted by atomic mass is 9.82. The highest BCUT2D eigenvalue weighted by molar-refractivity contribution is 5.90. The van der Waals surface area contributed by atoms with Crippen molar-refractivity contribution in [1.29, 1.82) is 0 Å². The lowest BCUT2D eigenvalue weighted by Crippen LogP contribution is -2.49. The molecule has 0 bridgehead atoms. The van der Waals surface area contributed by atoms with Gasteiger partial charge in [0.2, 0.25) is 11.8 Å². The molecule has 7 nitrogen and oxygen atoms in total. The Morgan fingerprint density at radius 2 is 1.70 bits per heavy atom. The van der Waals surface area contributed by atoms with E-state index in [4.69, 9.17) is 9.94 Å². The molecule has 3 N–H and O–H groups in total. The van der Waals surface area contributed by atoms with Crippen LogP contribution < -0.4 is 10.8 Å². The molecule has 0 fully saturated rings. The van der Waals surface area contributed by atoms with Gasteiger partial charge in [-0.1, -0.05) is 50.3 Å². The first-order chi connectivity index (χ1) is 14.2. The molecule has 1 aromatic rings. The van der Waals surface area contributed by atoms with Gasteiger partial charge in [-0.15, -0.1) is 6.58 Å². The van der Waals surface area contributed by atoms with Crippen molar-refractivity contribution in [2.24, 2.45) is 17.8 Å². The van der Waals surface area contributed by atoms with Gasteiger partial charge in [0.25, 0.3) is 0 Å². The van der Waals surface area contributed by atoms with Crippen molar-refractivity contribution in [3.63, 3.8) is 0 Å². The summed E-state index contributed by atoms with van der Waals surface area (Å²) in [7, 11) is 0. The topological polar surface area (TPSA) is 105 Å². The number of hydrogen-bond donors (Lipinski definition) is 3. The van der Waals surface area contributed by atoms with E-state index < -0.39 is 35.7 Å². The summed E-state index contributed by atoms with van der Waals surface area (Å²) in [5, 5.41) is 11.9. The van der Waals surface area contributed by atoms with Gasteiger partial charge >= 0.3 is 5.97 Å². The number of carbonyl (C=O) groups is 3. The number of hydroxylamine groups is 1. The Morgan fingerprint density at radius 3 is 2.20 bits per heavy atom. The van der Waals surface area contributed by atoms with Crippen LogP contribution in [0.5, 0.6) is 0 Å². The summed E-state index contributed by atoms with van der Waals surface area (Å²) >= 11 is 0. The molecule has 0 aliphatic carbocycles. The zero-order valence-electron chi connectivity index (χ0n) is 18.3. The smallest absolute Gasteiger partial charge is 0.329 e. The molecular formula is C23H34N2O5. The van der Waals surface area contributed by atoms with E-state index in [0.717, 1.165) is 5.56 Å². The van der Waals surface area contributed by atoms with Crippen molar-refractivity contribution in [2.45, 2.75) is 59.1 Å². The molecule has 166 valence electrons. The highest BCUT2D eigenvalue weighted by atomic mass is 16.5. The summed E-state index contributed by atoms with van der Waals surface area (Å²) in [4.78, 5) is 38.0. The molecule has 0 unspecified atom stereocenters. The minimum Gasteiger partial charge on any atom is -0.461 e. The number of esters is 1. The van der Waals surface area contributed by atoms with Crippen molar-refractivity contribution < 1.29 is 24.3 Å².